The number of furan rings is 1. The highest BCUT2D eigenvalue weighted by molar-refractivity contribution is 5.83. The van der Waals surface area contributed by atoms with Gasteiger partial charge in [0.1, 0.15) is 5.58 Å². The first-order chi connectivity index (χ1) is 7.58. The molecule has 1 heterocycles. The van der Waals surface area contributed by atoms with Crippen LogP contribution in [0.25, 0.3) is 11.0 Å². The largest absolute Gasteiger partial charge is 0.481 e. The van der Waals surface area contributed by atoms with Crippen molar-refractivity contribution in [3.8, 4) is 0 Å². The lowest BCUT2D eigenvalue weighted by molar-refractivity contribution is -0.136. The van der Waals surface area contributed by atoms with Gasteiger partial charge in [0.25, 0.3) is 0 Å². The lowest BCUT2D eigenvalue weighted by atomic mass is 10.0. The molecule has 0 saturated heterocycles. The molecule has 84 valence electrons. The molecule has 1 N–H and O–H groups in total. The van der Waals surface area contributed by atoms with E-state index in [2.05, 4.69) is 13.8 Å². The number of benzene rings is 1. The summed E-state index contributed by atoms with van der Waals surface area (Å²) in [5.41, 5.74) is 2.70. The predicted octanol–water partition coefficient (Wildman–Crippen LogP) is 3.18. The summed E-state index contributed by atoms with van der Waals surface area (Å²) in [6, 6.07) is 5.58. The zero-order valence-electron chi connectivity index (χ0n) is 9.36. The average molecular weight is 218 g/mol. The number of hydrogen-bond acceptors (Lipinski definition) is 2. The van der Waals surface area contributed by atoms with Gasteiger partial charge in [-0.25, -0.2) is 0 Å². The first kappa shape index (κ1) is 10.7. The van der Waals surface area contributed by atoms with Crippen molar-refractivity contribution < 1.29 is 14.3 Å². The second kappa shape index (κ2) is 4.00. The normalized spacial score (nSPS) is 11.2. The summed E-state index contributed by atoms with van der Waals surface area (Å²) < 4.78 is 5.44. The van der Waals surface area contributed by atoms with Crippen molar-refractivity contribution in [2.24, 2.45) is 0 Å². The van der Waals surface area contributed by atoms with Crippen LogP contribution in [0.5, 0.6) is 0 Å². The molecule has 0 aliphatic rings. The molecule has 0 aliphatic heterocycles. The van der Waals surface area contributed by atoms with Crippen molar-refractivity contribution >= 4 is 16.9 Å². The van der Waals surface area contributed by atoms with Crippen LogP contribution in [0.3, 0.4) is 0 Å². The standard InChI is InChI=1S/C13H14O3/c1-8(2)11-7-16-12-5-9(6-13(14)15)3-4-10(11)12/h3-5,7-8H,6H2,1-2H3,(H,14,15). The monoisotopic (exact) mass is 218 g/mol. The van der Waals surface area contributed by atoms with Gasteiger partial charge in [-0.05, 0) is 17.5 Å². The van der Waals surface area contributed by atoms with Crippen molar-refractivity contribution in [2.75, 3.05) is 0 Å². The zero-order chi connectivity index (χ0) is 11.7. The summed E-state index contributed by atoms with van der Waals surface area (Å²) in [7, 11) is 0. The summed E-state index contributed by atoms with van der Waals surface area (Å²) in [6.45, 7) is 4.21. The Morgan fingerprint density at radius 3 is 2.81 bits per heavy atom. The van der Waals surface area contributed by atoms with Crippen LogP contribution >= 0.6 is 0 Å². The summed E-state index contributed by atoms with van der Waals surface area (Å²) in [4.78, 5) is 10.6. The number of carboxylic acid groups (broad SMARTS) is 1. The maximum absolute atomic E-state index is 10.6. The second-order valence-electron chi connectivity index (χ2n) is 4.25. The van der Waals surface area contributed by atoms with Crippen molar-refractivity contribution in [3.05, 3.63) is 35.6 Å². The molecular formula is C13H14O3. The van der Waals surface area contributed by atoms with E-state index in [1.807, 2.05) is 12.1 Å². The molecule has 2 rings (SSSR count). The molecule has 0 radical (unpaired) electrons. The van der Waals surface area contributed by atoms with Crippen LogP contribution < -0.4 is 0 Å². The average Bonchev–Trinajstić information content (AvgIpc) is 2.59. The highest BCUT2D eigenvalue weighted by Gasteiger charge is 2.10. The summed E-state index contributed by atoms with van der Waals surface area (Å²) in [6.07, 6.45) is 1.79. The molecule has 0 atom stereocenters. The first-order valence-electron chi connectivity index (χ1n) is 5.29. The lowest BCUT2D eigenvalue weighted by Crippen LogP contribution is -1.99. The van der Waals surface area contributed by atoms with Gasteiger partial charge in [-0.1, -0.05) is 26.0 Å². The maximum Gasteiger partial charge on any atom is 0.307 e. The number of carboxylic acids is 1. The molecule has 0 spiro atoms. The second-order valence-corrected chi connectivity index (χ2v) is 4.25. The van der Waals surface area contributed by atoms with E-state index >= 15 is 0 Å². The van der Waals surface area contributed by atoms with E-state index in [9.17, 15) is 4.79 Å². The third-order valence-electron chi connectivity index (χ3n) is 2.65. The van der Waals surface area contributed by atoms with Gasteiger partial charge in [-0.2, -0.15) is 0 Å². The van der Waals surface area contributed by atoms with Gasteiger partial charge in [0.15, 0.2) is 0 Å². The number of rotatable bonds is 3. The summed E-state index contributed by atoms with van der Waals surface area (Å²) in [5, 5.41) is 9.78. The molecule has 3 heteroatoms. The molecule has 0 amide bonds. The van der Waals surface area contributed by atoms with Gasteiger partial charge in [-0.3, -0.25) is 4.79 Å². The first-order valence-corrected chi connectivity index (χ1v) is 5.29. The molecular weight excluding hydrogens is 204 g/mol. The van der Waals surface area contributed by atoms with E-state index in [0.29, 0.717) is 5.92 Å². The topological polar surface area (TPSA) is 50.4 Å². The Labute approximate surface area is 93.7 Å². The Kier molecular flexibility index (Phi) is 2.69. The third kappa shape index (κ3) is 1.94. The van der Waals surface area contributed by atoms with E-state index in [4.69, 9.17) is 9.52 Å². The van der Waals surface area contributed by atoms with E-state index in [-0.39, 0.29) is 6.42 Å². The minimum absolute atomic E-state index is 0.0354. The van der Waals surface area contributed by atoms with Crippen molar-refractivity contribution in [1.29, 1.82) is 0 Å². The van der Waals surface area contributed by atoms with Gasteiger partial charge in [0.05, 0.1) is 12.7 Å². The third-order valence-corrected chi connectivity index (χ3v) is 2.65. The molecule has 2 aromatic rings. The smallest absolute Gasteiger partial charge is 0.307 e. The van der Waals surface area contributed by atoms with Crippen LogP contribution in [0.2, 0.25) is 0 Å². The minimum atomic E-state index is -0.824. The Morgan fingerprint density at radius 2 is 2.19 bits per heavy atom. The summed E-state index contributed by atoms with van der Waals surface area (Å²) >= 11 is 0. The Hall–Kier alpha value is -1.77. The molecule has 3 nitrogen and oxygen atoms in total. The van der Waals surface area contributed by atoms with Gasteiger partial charge in [0, 0.05) is 10.9 Å². The lowest BCUT2D eigenvalue weighted by Gasteiger charge is -2.01. The molecule has 0 saturated carbocycles. The van der Waals surface area contributed by atoms with Crippen LogP contribution in [-0.4, -0.2) is 11.1 Å². The highest BCUT2D eigenvalue weighted by atomic mass is 16.4. The molecule has 1 aromatic heterocycles. The van der Waals surface area contributed by atoms with E-state index < -0.39 is 5.97 Å². The van der Waals surface area contributed by atoms with Gasteiger partial charge < -0.3 is 9.52 Å². The zero-order valence-corrected chi connectivity index (χ0v) is 9.36. The van der Waals surface area contributed by atoms with Crippen molar-refractivity contribution in [1.82, 2.24) is 0 Å². The summed E-state index contributed by atoms with van der Waals surface area (Å²) in [5.74, 6) is -0.415. The predicted molar refractivity (Wildman–Crippen MR) is 61.6 cm³/mol. The van der Waals surface area contributed by atoms with Gasteiger partial charge >= 0.3 is 5.97 Å². The fraction of sp³-hybridized carbons (Fsp3) is 0.308. The maximum atomic E-state index is 10.6. The van der Waals surface area contributed by atoms with E-state index in [1.165, 1.54) is 0 Å². The van der Waals surface area contributed by atoms with Crippen LogP contribution in [0.4, 0.5) is 0 Å². The van der Waals surface area contributed by atoms with Gasteiger partial charge in [0.2, 0.25) is 0 Å². The number of hydrogen-bond donors (Lipinski definition) is 1. The molecule has 0 aliphatic carbocycles. The minimum Gasteiger partial charge on any atom is -0.481 e. The highest BCUT2D eigenvalue weighted by Crippen LogP contribution is 2.28. The molecule has 0 fully saturated rings. The number of carbonyl (C=O) groups is 1. The molecule has 1 aromatic carbocycles. The van der Waals surface area contributed by atoms with Crippen LogP contribution in [0, 0.1) is 0 Å². The molecule has 0 unspecified atom stereocenters. The van der Waals surface area contributed by atoms with Crippen LogP contribution in [0.1, 0.15) is 30.9 Å². The molecule has 0 bridgehead atoms. The quantitative estimate of drug-likeness (QED) is 0.860. The Balaban J connectivity index is 2.45. The number of fused-ring (bicyclic) bond motifs is 1. The molecule has 16 heavy (non-hydrogen) atoms. The van der Waals surface area contributed by atoms with E-state index in [1.54, 1.807) is 12.3 Å². The van der Waals surface area contributed by atoms with Crippen molar-refractivity contribution in [3.63, 3.8) is 0 Å². The Bertz CT molecular complexity index is 523. The number of aliphatic carboxylic acids is 1. The fourth-order valence-corrected chi connectivity index (χ4v) is 1.82. The van der Waals surface area contributed by atoms with Crippen LogP contribution in [0.15, 0.2) is 28.9 Å². The Morgan fingerprint density at radius 1 is 1.44 bits per heavy atom. The van der Waals surface area contributed by atoms with Gasteiger partial charge in [-0.15, -0.1) is 0 Å². The van der Waals surface area contributed by atoms with Crippen molar-refractivity contribution in [2.45, 2.75) is 26.2 Å². The fourth-order valence-electron chi connectivity index (χ4n) is 1.82. The SMILES string of the molecule is CC(C)c1coc2cc(CC(=O)O)ccc12. The van der Waals surface area contributed by atoms with E-state index in [0.717, 1.165) is 22.1 Å². The van der Waals surface area contributed by atoms with Crippen LogP contribution in [-0.2, 0) is 11.2 Å².